The third kappa shape index (κ3) is 5.61. The molecule has 0 aliphatic carbocycles. The van der Waals surface area contributed by atoms with E-state index < -0.39 is 28.2 Å². The van der Waals surface area contributed by atoms with Crippen LogP contribution in [0.4, 0.5) is 0 Å². The Labute approximate surface area is 99.8 Å². The van der Waals surface area contributed by atoms with Gasteiger partial charge in [-0.25, -0.2) is 14.3 Å². The molecule has 0 saturated carbocycles. The maximum atomic E-state index is 11.4. The van der Waals surface area contributed by atoms with Crippen LogP contribution in [0.15, 0.2) is 0 Å². The van der Waals surface area contributed by atoms with Crippen LogP contribution in [0.2, 0.25) is 0 Å². The van der Waals surface area contributed by atoms with Crippen LogP contribution in [0.3, 0.4) is 0 Å². The van der Waals surface area contributed by atoms with Crippen LogP contribution in [0, 0.1) is 0 Å². The highest BCUT2D eigenvalue weighted by molar-refractivity contribution is 7.87. The smallest absolute Gasteiger partial charge is 0.335 e. The zero-order valence-corrected chi connectivity index (χ0v) is 10.7. The first-order valence-electron chi connectivity index (χ1n) is 4.92. The van der Waals surface area contributed by atoms with Gasteiger partial charge in [0.15, 0.2) is 0 Å². The molecule has 0 heterocycles. The van der Waals surface area contributed by atoms with E-state index in [4.69, 9.17) is 0 Å². The number of nitrogens with one attached hydrogen (secondary N) is 2. The standard InChI is InChI=1S/C8H16N2O6S/c1-4-15-7(11)6(8(12)16-5-2)10-17(13,14)9-3/h6,9-10H,4-5H2,1-3H3. The summed E-state index contributed by atoms with van der Waals surface area (Å²) in [5.74, 6) is -2.02. The quantitative estimate of drug-likeness (QED) is 0.431. The molecular formula is C8H16N2O6S. The Bertz CT molecular complexity index is 348. The highest BCUT2D eigenvalue weighted by Gasteiger charge is 2.33. The summed E-state index contributed by atoms with van der Waals surface area (Å²) in [5, 5.41) is 0. The van der Waals surface area contributed by atoms with E-state index in [0.29, 0.717) is 0 Å². The molecule has 0 aromatic heterocycles. The van der Waals surface area contributed by atoms with Crippen LogP contribution in [0.5, 0.6) is 0 Å². The molecule has 0 fully saturated rings. The first-order chi connectivity index (χ1) is 7.87. The molecule has 0 aromatic rings. The number of hydrogen-bond donors (Lipinski definition) is 2. The van der Waals surface area contributed by atoms with E-state index in [1.807, 2.05) is 9.44 Å². The van der Waals surface area contributed by atoms with E-state index >= 15 is 0 Å². The molecule has 0 saturated heterocycles. The average molecular weight is 268 g/mol. The van der Waals surface area contributed by atoms with Crippen LogP contribution in [-0.2, 0) is 29.3 Å². The Kier molecular flexibility index (Phi) is 6.69. The van der Waals surface area contributed by atoms with E-state index in [-0.39, 0.29) is 13.2 Å². The van der Waals surface area contributed by atoms with Crippen LogP contribution in [0.25, 0.3) is 0 Å². The molecule has 17 heavy (non-hydrogen) atoms. The molecule has 8 nitrogen and oxygen atoms in total. The first kappa shape index (κ1) is 15.8. The van der Waals surface area contributed by atoms with E-state index in [0.717, 1.165) is 7.05 Å². The highest BCUT2D eigenvalue weighted by atomic mass is 32.2. The molecule has 0 unspecified atom stereocenters. The molecule has 0 bridgehead atoms. The Morgan fingerprint density at radius 3 is 1.82 bits per heavy atom. The lowest BCUT2D eigenvalue weighted by Crippen LogP contribution is -2.51. The van der Waals surface area contributed by atoms with Gasteiger partial charge >= 0.3 is 11.9 Å². The summed E-state index contributed by atoms with van der Waals surface area (Å²) in [5.41, 5.74) is 0. The van der Waals surface area contributed by atoms with Gasteiger partial charge in [-0.1, -0.05) is 0 Å². The van der Waals surface area contributed by atoms with Gasteiger partial charge in [0.2, 0.25) is 6.04 Å². The number of carbonyl (C=O) groups excluding carboxylic acids is 2. The van der Waals surface area contributed by atoms with Crippen LogP contribution >= 0.6 is 0 Å². The Morgan fingerprint density at radius 2 is 1.53 bits per heavy atom. The summed E-state index contributed by atoms with van der Waals surface area (Å²) in [6.45, 7) is 3.12. The fraction of sp³-hybridized carbons (Fsp3) is 0.750. The number of ether oxygens (including phenoxy) is 2. The van der Waals surface area contributed by atoms with Gasteiger partial charge in [0.1, 0.15) is 0 Å². The van der Waals surface area contributed by atoms with Crippen LogP contribution < -0.4 is 9.44 Å². The van der Waals surface area contributed by atoms with Crippen molar-refractivity contribution in [1.29, 1.82) is 0 Å². The molecular weight excluding hydrogens is 252 g/mol. The molecule has 0 spiro atoms. The second-order valence-corrected chi connectivity index (χ2v) is 4.41. The maximum Gasteiger partial charge on any atom is 0.335 e. The highest BCUT2D eigenvalue weighted by Crippen LogP contribution is 1.96. The Balaban J connectivity index is 4.86. The summed E-state index contributed by atoms with van der Waals surface area (Å²) >= 11 is 0. The molecule has 0 aromatic carbocycles. The summed E-state index contributed by atoms with van der Waals surface area (Å²) in [6, 6.07) is -1.70. The molecule has 2 N–H and O–H groups in total. The number of rotatable bonds is 7. The largest absolute Gasteiger partial charge is 0.464 e. The minimum atomic E-state index is -3.95. The lowest BCUT2D eigenvalue weighted by molar-refractivity contribution is -0.157. The number of carbonyl (C=O) groups is 2. The van der Waals surface area contributed by atoms with Gasteiger partial charge < -0.3 is 9.47 Å². The van der Waals surface area contributed by atoms with E-state index in [9.17, 15) is 18.0 Å². The van der Waals surface area contributed by atoms with Crippen molar-refractivity contribution >= 4 is 22.1 Å². The van der Waals surface area contributed by atoms with Crippen molar-refractivity contribution in [2.75, 3.05) is 20.3 Å². The zero-order chi connectivity index (χ0) is 13.5. The minimum Gasteiger partial charge on any atom is -0.464 e. The lowest BCUT2D eigenvalue weighted by atomic mass is 10.3. The number of hydrogen-bond acceptors (Lipinski definition) is 6. The third-order valence-electron chi connectivity index (χ3n) is 1.59. The van der Waals surface area contributed by atoms with Gasteiger partial charge in [0.25, 0.3) is 10.2 Å². The van der Waals surface area contributed by atoms with E-state index in [1.54, 1.807) is 0 Å². The monoisotopic (exact) mass is 268 g/mol. The average Bonchev–Trinajstić information content (AvgIpc) is 2.26. The number of esters is 2. The summed E-state index contributed by atoms with van der Waals surface area (Å²) in [6.07, 6.45) is 0. The van der Waals surface area contributed by atoms with Gasteiger partial charge in [0, 0.05) is 7.05 Å². The molecule has 0 radical (unpaired) electrons. The van der Waals surface area contributed by atoms with Crippen LogP contribution in [0.1, 0.15) is 13.8 Å². The normalized spacial score (nSPS) is 11.3. The molecule has 9 heteroatoms. The minimum absolute atomic E-state index is 0.0238. The molecule has 0 aliphatic heterocycles. The van der Waals surface area contributed by atoms with Crippen LogP contribution in [-0.4, -0.2) is 46.7 Å². The van der Waals surface area contributed by atoms with Crippen molar-refractivity contribution in [2.24, 2.45) is 0 Å². The van der Waals surface area contributed by atoms with Crippen molar-refractivity contribution in [3.63, 3.8) is 0 Å². The molecule has 0 amide bonds. The fourth-order valence-corrected chi connectivity index (χ4v) is 1.48. The summed E-state index contributed by atoms with van der Waals surface area (Å²) < 4.78 is 35.2. The Hall–Kier alpha value is -1.19. The van der Waals surface area contributed by atoms with Crippen molar-refractivity contribution in [2.45, 2.75) is 19.9 Å². The topological polar surface area (TPSA) is 111 Å². The van der Waals surface area contributed by atoms with Gasteiger partial charge in [0.05, 0.1) is 13.2 Å². The van der Waals surface area contributed by atoms with Gasteiger partial charge in [-0.2, -0.15) is 13.1 Å². The van der Waals surface area contributed by atoms with Gasteiger partial charge in [-0.05, 0) is 13.8 Å². The van der Waals surface area contributed by atoms with Gasteiger partial charge in [-0.15, -0.1) is 0 Å². The second-order valence-electron chi connectivity index (χ2n) is 2.76. The van der Waals surface area contributed by atoms with Gasteiger partial charge in [-0.3, -0.25) is 0 Å². The zero-order valence-electron chi connectivity index (χ0n) is 9.85. The third-order valence-corrected chi connectivity index (χ3v) is 2.67. The lowest BCUT2D eigenvalue weighted by Gasteiger charge is -2.15. The second kappa shape index (κ2) is 7.20. The maximum absolute atomic E-state index is 11.4. The summed E-state index contributed by atoms with van der Waals surface area (Å²) in [4.78, 5) is 22.8. The van der Waals surface area contributed by atoms with E-state index in [1.165, 1.54) is 13.8 Å². The molecule has 0 aliphatic rings. The van der Waals surface area contributed by atoms with Crippen molar-refractivity contribution < 1.29 is 27.5 Å². The molecule has 0 atom stereocenters. The van der Waals surface area contributed by atoms with E-state index in [2.05, 4.69) is 9.47 Å². The molecule has 100 valence electrons. The fourth-order valence-electron chi connectivity index (χ4n) is 0.858. The van der Waals surface area contributed by atoms with Crippen molar-refractivity contribution in [1.82, 2.24) is 9.44 Å². The Morgan fingerprint density at radius 1 is 1.12 bits per heavy atom. The predicted molar refractivity (Wildman–Crippen MR) is 58.2 cm³/mol. The molecule has 0 rings (SSSR count). The van der Waals surface area contributed by atoms with Crippen molar-refractivity contribution in [3.8, 4) is 0 Å². The predicted octanol–water partition coefficient (Wildman–Crippen LogP) is -1.46. The SMILES string of the molecule is CCOC(=O)C(NS(=O)(=O)NC)C(=O)OCC. The van der Waals surface area contributed by atoms with Crippen molar-refractivity contribution in [3.05, 3.63) is 0 Å². The summed E-state index contributed by atoms with van der Waals surface area (Å²) in [7, 11) is -2.81. The first-order valence-corrected chi connectivity index (χ1v) is 6.40.